The van der Waals surface area contributed by atoms with Crippen LogP contribution in [0.2, 0.25) is 0 Å². The summed E-state index contributed by atoms with van der Waals surface area (Å²) in [5.41, 5.74) is -0.0566. The average molecular weight is 238 g/mol. The van der Waals surface area contributed by atoms with E-state index in [1.807, 2.05) is 11.9 Å². The molecule has 5 heteroatoms. The third-order valence-electron chi connectivity index (χ3n) is 2.54. The zero-order valence-corrected chi connectivity index (χ0v) is 11.1. The molecule has 0 spiro atoms. The minimum Gasteiger partial charge on any atom is -0.354 e. The topological polar surface area (TPSA) is 50.2 Å². The highest BCUT2D eigenvalue weighted by atomic mass is 16.1. The summed E-state index contributed by atoms with van der Waals surface area (Å²) in [5, 5.41) is 3.34. The van der Waals surface area contributed by atoms with Crippen molar-refractivity contribution in [2.75, 3.05) is 31.6 Å². The first-order valence-corrected chi connectivity index (χ1v) is 5.96. The van der Waals surface area contributed by atoms with E-state index in [9.17, 15) is 4.79 Å². The Morgan fingerprint density at radius 2 is 2.24 bits per heavy atom. The fourth-order valence-corrected chi connectivity index (χ4v) is 1.49. The second-order valence-corrected chi connectivity index (χ2v) is 4.69. The summed E-state index contributed by atoms with van der Waals surface area (Å²) in [5.74, 6) is 1.14. The zero-order chi connectivity index (χ0) is 12.8. The van der Waals surface area contributed by atoms with Gasteiger partial charge in [-0.1, -0.05) is 13.8 Å². The van der Waals surface area contributed by atoms with E-state index in [1.165, 1.54) is 0 Å². The molecule has 0 bridgehead atoms. The fraction of sp³-hybridized carbons (Fsp3) is 0.667. The number of rotatable bonds is 6. The van der Waals surface area contributed by atoms with Gasteiger partial charge in [-0.3, -0.25) is 4.79 Å². The molecule has 0 fully saturated rings. The van der Waals surface area contributed by atoms with Gasteiger partial charge in [-0.2, -0.15) is 0 Å². The molecule has 96 valence electrons. The molecule has 1 rings (SSSR count). The van der Waals surface area contributed by atoms with E-state index in [-0.39, 0.29) is 5.56 Å². The number of likely N-dealkylation sites (N-methyl/N-ethyl adjacent to an activating group) is 1. The van der Waals surface area contributed by atoms with Crippen LogP contribution in [0.5, 0.6) is 0 Å². The van der Waals surface area contributed by atoms with Crippen LogP contribution in [0.1, 0.15) is 13.8 Å². The second kappa shape index (κ2) is 6.39. The first-order chi connectivity index (χ1) is 8.02. The predicted molar refractivity (Wildman–Crippen MR) is 70.5 cm³/mol. The lowest BCUT2D eigenvalue weighted by Gasteiger charge is -2.18. The summed E-state index contributed by atoms with van der Waals surface area (Å²) in [6.45, 7) is 6.97. The van der Waals surface area contributed by atoms with Crippen LogP contribution in [0, 0.1) is 5.92 Å². The van der Waals surface area contributed by atoms with E-state index in [1.54, 1.807) is 24.0 Å². The Hall–Kier alpha value is -1.36. The quantitative estimate of drug-likeness (QED) is 0.732. The van der Waals surface area contributed by atoms with Crippen molar-refractivity contribution in [2.24, 2.45) is 13.0 Å². The lowest BCUT2D eigenvalue weighted by molar-refractivity contribution is 0.553. The number of nitrogens with zero attached hydrogens (tertiary/aromatic N) is 3. The molecule has 5 nitrogen and oxygen atoms in total. The maximum Gasteiger partial charge on any atom is 0.293 e. The first kappa shape index (κ1) is 13.7. The summed E-state index contributed by atoms with van der Waals surface area (Å²) in [7, 11) is 3.62. The monoisotopic (exact) mass is 238 g/mol. The van der Waals surface area contributed by atoms with Crippen LogP contribution in [0.15, 0.2) is 17.2 Å². The molecule has 1 heterocycles. The van der Waals surface area contributed by atoms with Crippen molar-refractivity contribution >= 4 is 5.82 Å². The van der Waals surface area contributed by atoms with Gasteiger partial charge >= 0.3 is 0 Å². The van der Waals surface area contributed by atoms with Gasteiger partial charge in [0.05, 0.1) is 0 Å². The van der Waals surface area contributed by atoms with Crippen LogP contribution in [-0.2, 0) is 7.05 Å². The van der Waals surface area contributed by atoms with Gasteiger partial charge in [0.25, 0.3) is 5.56 Å². The number of anilines is 1. The molecule has 0 saturated heterocycles. The van der Waals surface area contributed by atoms with E-state index in [4.69, 9.17) is 0 Å². The molecule has 0 unspecified atom stereocenters. The molecule has 0 aliphatic rings. The van der Waals surface area contributed by atoms with Crippen molar-refractivity contribution in [3.8, 4) is 0 Å². The molecule has 0 amide bonds. The van der Waals surface area contributed by atoms with Gasteiger partial charge in [-0.15, -0.1) is 0 Å². The van der Waals surface area contributed by atoms with Crippen molar-refractivity contribution in [3.05, 3.63) is 22.7 Å². The third kappa shape index (κ3) is 4.19. The molecular formula is C12H22N4O. The second-order valence-electron chi connectivity index (χ2n) is 4.69. The van der Waals surface area contributed by atoms with Crippen LogP contribution in [-0.4, -0.2) is 36.2 Å². The molecule has 0 saturated carbocycles. The molecule has 1 aromatic heterocycles. The Bertz CT molecular complexity index is 400. The molecule has 0 aliphatic carbocycles. The fourth-order valence-electron chi connectivity index (χ4n) is 1.49. The summed E-state index contributed by atoms with van der Waals surface area (Å²) in [4.78, 5) is 17.8. The third-order valence-corrected chi connectivity index (χ3v) is 2.54. The van der Waals surface area contributed by atoms with Crippen LogP contribution < -0.4 is 15.8 Å². The maximum atomic E-state index is 11.8. The highest BCUT2D eigenvalue weighted by Gasteiger charge is 2.07. The van der Waals surface area contributed by atoms with Gasteiger partial charge in [-0.05, 0) is 12.5 Å². The van der Waals surface area contributed by atoms with E-state index in [0.29, 0.717) is 11.7 Å². The zero-order valence-electron chi connectivity index (χ0n) is 11.1. The lowest BCUT2D eigenvalue weighted by Crippen LogP contribution is -2.35. The minimum absolute atomic E-state index is 0.0566. The Morgan fingerprint density at radius 3 is 2.88 bits per heavy atom. The molecule has 1 N–H and O–H groups in total. The summed E-state index contributed by atoms with van der Waals surface area (Å²) >= 11 is 0. The molecule has 1 aromatic rings. The average Bonchev–Trinajstić information content (AvgIpc) is 2.27. The van der Waals surface area contributed by atoms with E-state index in [2.05, 4.69) is 24.1 Å². The van der Waals surface area contributed by atoms with Crippen molar-refractivity contribution < 1.29 is 0 Å². The normalized spacial score (nSPS) is 10.9. The number of nitrogens with one attached hydrogen (secondary N) is 1. The standard InChI is InChI=1S/C12H22N4O/c1-10(2)9-13-5-7-15(3)11-12(17)16(4)8-6-14-11/h6,8,10,13H,5,7,9H2,1-4H3. The maximum absolute atomic E-state index is 11.8. The largest absolute Gasteiger partial charge is 0.354 e. The van der Waals surface area contributed by atoms with Crippen molar-refractivity contribution in [1.29, 1.82) is 0 Å². The Kier molecular flexibility index (Phi) is 5.15. The Labute approximate surface area is 102 Å². The predicted octanol–water partition coefficient (Wildman–Crippen LogP) is 0.462. The van der Waals surface area contributed by atoms with Gasteiger partial charge in [0, 0.05) is 39.6 Å². The molecule has 0 radical (unpaired) electrons. The summed E-state index contributed by atoms with van der Waals surface area (Å²) < 4.78 is 1.54. The number of hydrogen-bond donors (Lipinski definition) is 1. The smallest absolute Gasteiger partial charge is 0.293 e. The van der Waals surface area contributed by atoms with Gasteiger partial charge in [0.15, 0.2) is 5.82 Å². The molecular weight excluding hydrogens is 216 g/mol. The van der Waals surface area contributed by atoms with Gasteiger partial charge in [0.2, 0.25) is 0 Å². The van der Waals surface area contributed by atoms with Crippen LogP contribution in [0.3, 0.4) is 0 Å². The Balaban J connectivity index is 2.50. The lowest BCUT2D eigenvalue weighted by atomic mass is 10.2. The minimum atomic E-state index is -0.0566. The first-order valence-electron chi connectivity index (χ1n) is 5.96. The van der Waals surface area contributed by atoms with Gasteiger partial charge in [0.1, 0.15) is 0 Å². The summed E-state index contributed by atoms with van der Waals surface area (Å²) in [6, 6.07) is 0. The van der Waals surface area contributed by atoms with E-state index >= 15 is 0 Å². The van der Waals surface area contributed by atoms with Gasteiger partial charge < -0.3 is 14.8 Å². The molecule has 17 heavy (non-hydrogen) atoms. The number of aryl methyl sites for hydroxylation is 1. The molecule has 0 atom stereocenters. The molecule has 0 aliphatic heterocycles. The van der Waals surface area contributed by atoms with Crippen molar-refractivity contribution in [1.82, 2.24) is 14.9 Å². The highest BCUT2D eigenvalue weighted by Crippen LogP contribution is 1.98. The SMILES string of the molecule is CC(C)CNCCN(C)c1nccn(C)c1=O. The number of aromatic nitrogens is 2. The van der Waals surface area contributed by atoms with Gasteiger partial charge in [-0.25, -0.2) is 4.98 Å². The summed E-state index contributed by atoms with van der Waals surface area (Å²) in [6.07, 6.45) is 3.31. The van der Waals surface area contributed by atoms with Crippen LogP contribution >= 0.6 is 0 Å². The Morgan fingerprint density at radius 1 is 1.53 bits per heavy atom. The van der Waals surface area contributed by atoms with Crippen molar-refractivity contribution in [3.63, 3.8) is 0 Å². The van der Waals surface area contributed by atoms with Crippen LogP contribution in [0.25, 0.3) is 0 Å². The number of hydrogen-bond acceptors (Lipinski definition) is 4. The highest BCUT2D eigenvalue weighted by molar-refractivity contribution is 5.34. The van der Waals surface area contributed by atoms with E-state index < -0.39 is 0 Å². The van der Waals surface area contributed by atoms with E-state index in [0.717, 1.165) is 19.6 Å². The van der Waals surface area contributed by atoms with Crippen LogP contribution in [0.4, 0.5) is 5.82 Å². The van der Waals surface area contributed by atoms with Crippen molar-refractivity contribution in [2.45, 2.75) is 13.8 Å². The molecule has 0 aromatic carbocycles.